The van der Waals surface area contributed by atoms with Crippen molar-refractivity contribution in [1.29, 1.82) is 0 Å². The van der Waals surface area contributed by atoms with Gasteiger partial charge in [0.25, 0.3) is 0 Å². The molecule has 1 heterocycles. The third-order valence-corrected chi connectivity index (χ3v) is 2.24. The first-order chi connectivity index (χ1) is 7.69. The normalized spacial score (nSPS) is 14.9. The number of terminal acetylenes is 1. The van der Waals surface area contributed by atoms with Gasteiger partial charge in [-0.1, -0.05) is 11.5 Å². The van der Waals surface area contributed by atoms with Gasteiger partial charge in [-0.15, -0.1) is 0 Å². The number of piperidine rings is 1. The summed E-state index contributed by atoms with van der Waals surface area (Å²) in [5, 5.41) is 0.441. The number of rotatable bonds is 0. The predicted octanol–water partition coefficient (Wildman–Crippen LogP) is 1.18. The van der Waals surface area contributed by atoms with E-state index in [9.17, 15) is 9.59 Å². The smallest absolute Gasteiger partial charge is 0.450 e. The maximum absolute atomic E-state index is 11.5. The van der Waals surface area contributed by atoms with Gasteiger partial charge in [-0.25, -0.2) is 9.59 Å². The first-order valence-corrected chi connectivity index (χ1v) is 5.00. The molecule has 0 aromatic rings. The van der Waals surface area contributed by atoms with E-state index in [0.717, 1.165) is 26.4 Å². The fraction of sp³-hybridized carbons (Fsp3) is 0.600. The molecule has 0 unspecified atom stereocenters. The highest BCUT2D eigenvalue weighted by atomic mass is 16.8. The Bertz CT molecular complexity index is 304. The van der Waals surface area contributed by atoms with Crippen molar-refractivity contribution in [2.45, 2.75) is 19.3 Å². The zero-order chi connectivity index (χ0) is 12.0. The van der Waals surface area contributed by atoms with Crippen LogP contribution in [0.1, 0.15) is 19.3 Å². The van der Waals surface area contributed by atoms with Gasteiger partial charge in [-0.3, -0.25) is 0 Å². The summed E-state index contributed by atoms with van der Waals surface area (Å²) in [4.78, 5) is 28.8. The molecule has 0 N–H and O–H groups in total. The number of hydrogen-bond donors (Lipinski definition) is 0. The molecule has 0 radical (unpaired) electrons. The number of hydroxylamine groups is 2. The first kappa shape index (κ1) is 12.2. The molecule has 0 aliphatic carbocycles. The van der Waals surface area contributed by atoms with Crippen molar-refractivity contribution in [2.75, 3.05) is 20.2 Å². The van der Waals surface area contributed by atoms with Crippen LogP contribution in [0.5, 0.6) is 0 Å². The van der Waals surface area contributed by atoms with E-state index in [2.05, 4.69) is 4.74 Å². The molecule has 1 saturated heterocycles. The SMILES string of the molecule is C#CN(OC(=O)N1CCCCC1)C(=O)OC. The van der Waals surface area contributed by atoms with Crippen molar-refractivity contribution < 1.29 is 19.2 Å². The van der Waals surface area contributed by atoms with Crippen molar-refractivity contribution in [3.05, 3.63) is 0 Å². The van der Waals surface area contributed by atoms with Gasteiger partial charge < -0.3 is 14.5 Å². The highest BCUT2D eigenvalue weighted by molar-refractivity contribution is 5.73. The van der Waals surface area contributed by atoms with Crippen molar-refractivity contribution >= 4 is 12.2 Å². The molecule has 6 heteroatoms. The van der Waals surface area contributed by atoms with E-state index in [0.29, 0.717) is 18.2 Å². The number of ether oxygens (including phenoxy) is 1. The second kappa shape index (κ2) is 5.85. The molecule has 1 fully saturated rings. The van der Waals surface area contributed by atoms with E-state index >= 15 is 0 Å². The Morgan fingerprint density at radius 3 is 2.44 bits per heavy atom. The molecule has 0 atom stereocenters. The minimum Gasteiger partial charge on any atom is -0.450 e. The lowest BCUT2D eigenvalue weighted by atomic mass is 10.1. The zero-order valence-corrected chi connectivity index (χ0v) is 9.14. The highest BCUT2D eigenvalue weighted by Gasteiger charge is 2.23. The summed E-state index contributed by atoms with van der Waals surface area (Å²) >= 11 is 0. The van der Waals surface area contributed by atoms with Gasteiger partial charge in [0.2, 0.25) is 0 Å². The molecule has 0 saturated carbocycles. The number of carbonyl (C=O) groups is 2. The minimum atomic E-state index is -0.896. The number of nitrogens with zero attached hydrogens (tertiary/aromatic N) is 2. The molecule has 0 aromatic carbocycles. The Hall–Kier alpha value is -1.90. The fourth-order valence-corrected chi connectivity index (χ4v) is 1.41. The Balaban J connectivity index is 2.48. The third-order valence-electron chi connectivity index (χ3n) is 2.24. The van der Waals surface area contributed by atoms with Crippen molar-refractivity contribution in [1.82, 2.24) is 9.96 Å². The van der Waals surface area contributed by atoms with Crippen LogP contribution in [-0.2, 0) is 9.57 Å². The summed E-state index contributed by atoms with van der Waals surface area (Å²) in [6.07, 6.45) is 6.45. The van der Waals surface area contributed by atoms with Crippen LogP contribution in [-0.4, -0.2) is 42.3 Å². The highest BCUT2D eigenvalue weighted by Crippen LogP contribution is 2.10. The molecule has 0 spiro atoms. The zero-order valence-electron chi connectivity index (χ0n) is 9.14. The van der Waals surface area contributed by atoms with Gasteiger partial charge >= 0.3 is 12.2 Å². The van der Waals surface area contributed by atoms with E-state index < -0.39 is 12.2 Å². The summed E-state index contributed by atoms with van der Waals surface area (Å²) in [5.41, 5.74) is 0. The Morgan fingerprint density at radius 1 is 1.31 bits per heavy atom. The van der Waals surface area contributed by atoms with Crippen LogP contribution in [0.15, 0.2) is 0 Å². The molecule has 1 rings (SSSR count). The van der Waals surface area contributed by atoms with E-state index in [1.165, 1.54) is 4.90 Å². The lowest BCUT2D eigenvalue weighted by Crippen LogP contribution is -2.40. The van der Waals surface area contributed by atoms with Gasteiger partial charge in [0, 0.05) is 13.1 Å². The quantitative estimate of drug-likeness (QED) is 0.353. The van der Waals surface area contributed by atoms with Crippen LogP contribution in [0.3, 0.4) is 0 Å². The fourth-order valence-electron chi connectivity index (χ4n) is 1.41. The summed E-state index contributed by atoms with van der Waals surface area (Å²) < 4.78 is 4.34. The predicted molar refractivity (Wildman–Crippen MR) is 55.0 cm³/mol. The molecular weight excluding hydrogens is 212 g/mol. The van der Waals surface area contributed by atoms with Gasteiger partial charge in [0.1, 0.15) is 0 Å². The molecule has 0 bridgehead atoms. The Morgan fingerprint density at radius 2 is 1.94 bits per heavy atom. The molecule has 16 heavy (non-hydrogen) atoms. The summed E-state index contributed by atoms with van der Waals surface area (Å²) in [6, 6.07) is 1.91. The first-order valence-electron chi connectivity index (χ1n) is 5.00. The van der Waals surface area contributed by atoms with E-state index in [1.54, 1.807) is 0 Å². The molecule has 1 aliphatic heterocycles. The van der Waals surface area contributed by atoms with Gasteiger partial charge in [-0.2, -0.15) is 0 Å². The van der Waals surface area contributed by atoms with Crippen LogP contribution < -0.4 is 0 Å². The van der Waals surface area contributed by atoms with Gasteiger partial charge in [0.15, 0.2) is 0 Å². The van der Waals surface area contributed by atoms with Crippen LogP contribution in [0, 0.1) is 12.5 Å². The second-order valence-corrected chi connectivity index (χ2v) is 3.30. The maximum Gasteiger partial charge on any atom is 0.455 e. The van der Waals surface area contributed by atoms with Crippen molar-refractivity contribution in [3.63, 3.8) is 0 Å². The van der Waals surface area contributed by atoms with Crippen LogP contribution in [0.25, 0.3) is 0 Å². The topological polar surface area (TPSA) is 59.1 Å². The number of methoxy groups -OCH3 is 1. The summed E-state index contributed by atoms with van der Waals surface area (Å²) in [6.45, 7) is 1.25. The van der Waals surface area contributed by atoms with Crippen molar-refractivity contribution in [2.24, 2.45) is 0 Å². The Kier molecular flexibility index (Phi) is 4.45. The minimum absolute atomic E-state index is 0.441. The molecule has 1 aliphatic rings. The van der Waals surface area contributed by atoms with E-state index in [4.69, 9.17) is 11.3 Å². The molecule has 6 nitrogen and oxygen atoms in total. The number of carbonyl (C=O) groups excluding carboxylic acids is 2. The summed E-state index contributed by atoms with van der Waals surface area (Å²) in [5.74, 6) is 0. The maximum atomic E-state index is 11.5. The lowest BCUT2D eigenvalue weighted by Gasteiger charge is -2.26. The van der Waals surface area contributed by atoms with Gasteiger partial charge in [-0.05, 0) is 19.3 Å². The second-order valence-electron chi connectivity index (χ2n) is 3.30. The lowest BCUT2D eigenvalue weighted by molar-refractivity contribution is -0.0523. The van der Waals surface area contributed by atoms with Crippen LogP contribution >= 0.6 is 0 Å². The average Bonchev–Trinajstić information content (AvgIpc) is 2.35. The number of hydrogen-bond acceptors (Lipinski definition) is 4. The van der Waals surface area contributed by atoms with Crippen molar-refractivity contribution in [3.8, 4) is 12.5 Å². The van der Waals surface area contributed by atoms with E-state index in [-0.39, 0.29) is 0 Å². The standard InChI is InChI=1S/C10H14N2O4/c1-3-12(10(14)15-2)16-9(13)11-7-5-4-6-8-11/h1H,4-8H2,2H3. The molecule has 88 valence electrons. The number of amides is 2. The van der Waals surface area contributed by atoms with E-state index in [1.807, 2.05) is 6.04 Å². The Labute approximate surface area is 94.0 Å². The largest absolute Gasteiger partial charge is 0.455 e. The summed E-state index contributed by atoms with van der Waals surface area (Å²) in [7, 11) is 1.15. The number of likely N-dealkylation sites (tertiary alicyclic amines) is 1. The monoisotopic (exact) mass is 226 g/mol. The van der Waals surface area contributed by atoms with Crippen LogP contribution in [0.2, 0.25) is 0 Å². The third kappa shape index (κ3) is 3.05. The average molecular weight is 226 g/mol. The molecule has 2 amide bonds. The molecule has 0 aromatic heterocycles. The van der Waals surface area contributed by atoms with Crippen LogP contribution in [0.4, 0.5) is 9.59 Å². The molecular formula is C10H14N2O4. The van der Waals surface area contributed by atoms with Gasteiger partial charge in [0.05, 0.1) is 13.2 Å².